The molecule has 1 saturated heterocycles. The van der Waals surface area contributed by atoms with Gasteiger partial charge in [-0.05, 0) is 31.0 Å². The van der Waals surface area contributed by atoms with E-state index in [4.69, 9.17) is 9.15 Å². The summed E-state index contributed by atoms with van der Waals surface area (Å²) in [6.45, 7) is 4.78. The monoisotopic (exact) mass is 277 g/mol. The number of oxazole rings is 1. The Morgan fingerprint density at radius 1 is 1.35 bits per heavy atom. The molecule has 0 N–H and O–H groups in total. The highest BCUT2D eigenvalue weighted by Crippen LogP contribution is 2.12. The van der Waals surface area contributed by atoms with E-state index in [2.05, 4.69) is 9.88 Å². The van der Waals surface area contributed by atoms with E-state index in [9.17, 15) is 4.79 Å². The van der Waals surface area contributed by atoms with Crippen LogP contribution in [0.25, 0.3) is 11.2 Å². The van der Waals surface area contributed by atoms with Gasteiger partial charge in [0.2, 0.25) is 0 Å². The Kier molecular flexibility index (Phi) is 3.84. The van der Waals surface area contributed by atoms with Crippen LogP contribution in [0.2, 0.25) is 0 Å². The molecular weight excluding hydrogens is 258 g/mol. The van der Waals surface area contributed by atoms with Gasteiger partial charge in [0.1, 0.15) is 0 Å². The van der Waals surface area contributed by atoms with Crippen molar-refractivity contribution in [1.82, 2.24) is 14.5 Å². The van der Waals surface area contributed by atoms with E-state index in [1.54, 1.807) is 7.05 Å². The molecular formula is C14H19N3O3. The largest absolute Gasteiger partial charge is 0.420 e. The predicted octanol–water partition coefficient (Wildman–Crippen LogP) is 0.791. The third-order valence-electron chi connectivity index (χ3n) is 3.72. The second kappa shape index (κ2) is 5.76. The Morgan fingerprint density at radius 3 is 2.95 bits per heavy atom. The molecule has 0 aliphatic carbocycles. The number of pyridine rings is 1. The lowest BCUT2D eigenvalue weighted by Gasteiger charge is -2.26. The van der Waals surface area contributed by atoms with Crippen LogP contribution < -0.4 is 5.76 Å². The fraction of sp³-hybridized carbons (Fsp3) is 0.571. The lowest BCUT2D eigenvalue weighted by atomic mass is 10.1. The van der Waals surface area contributed by atoms with E-state index >= 15 is 0 Å². The average Bonchev–Trinajstić information content (AvgIpc) is 2.75. The molecule has 6 nitrogen and oxygen atoms in total. The Bertz CT molecular complexity index is 641. The SMILES string of the molecule is Cn1c(=O)oc2cc(CCCN3CCOCC3)cnc21. The van der Waals surface area contributed by atoms with Crippen molar-refractivity contribution in [2.45, 2.75) is 12.8 Å². The first-order chi connectivity index (χ1) is 9.74. The minimum atomic E-state index is -0.363. The number of fused-ring (bicyclic) bond motifs is 1. The van der Waals surface area contributed by atoms with Gasteiger partial charge in [-0.25, -0.2) is 9.78 Å². The van der Waals surface area contributed by atoms with E-state index in [0.29, 0.717) is 11.2 Å². The third-order valence-corrected chi connectivity index (χ3v) is 3.72. The van der Waals surface area contributed by atoms with Crippen molar-refractivity contribution in [2.24, 2.45) is 7.05 Å². The molecule has 2 aromatic rings. The lowest BCUT2D eigenvalue weighted by molar-refractivity contribution is 0.0374. The number of rotatable bonds is 4. The molecule has 0 atom stereocenters. The van der Waals surface area contributed by atoms with Gasteiger partial charge in [0.25, 0.3) is 0 Å². The first-order valence-electron chi connectivity index (χ1n) is 6.98. The molecule has 0 spiro atoms. The fourth-order valence-electron chi connectivity index (χ4n) is 2.52. The Morgan fingerprint density at radius 2 is 2.15 bits per heavy atom. The highest BCUT2D eigenvalue weighted by molar-refractivity contribution is 5.68. The highest BCUT2D eigenvalue weighted by atomic mass is 16.5. The highest BCUT2D eigenvalue weighted by Gasteiger charge is 2.11. The van der Waals surface area contributed by atoms with Gasteiger partial charge in [-0.2, -0.15) is 0 Å². The number of hydrogen-bond donors (Lipinski definition) is 0. The van der Waals surface area contributed by atoms with Crippen LogP contribution in [0.5, 0.6) is 0 Å². The standard InChI is InChI=1S/C14H19N3O3/c1-16-13-12(20-14(16)18)9-11(10-15-13)3-2-4-17-5-7-19-8-6-17/h9-10H,2-8H2,1H3. The van der Waals surface area contributed by atoms with Crippen molar-refractivity contribution < 1.29 is 9.15 Å². The van der Waals surface area contributed by atoms with Crippen LogP contribution in [-0.4, -0.2) is 47.3 Å². The van der Waals surface area contributed by atoms with E-state index in [-0.39, 0.29) is 5.76 Å². The smallest absolute Gasteiger partial charge is 0.406 e. The van der Waals surface area contributed by atoms with Crippen LogP contribution in [0, 0.1) is 0 Å². The van der Waals surface area contributed by atoms with Gasteiger partial charge in [0, 0.05) is 26.3 Å². The van der Waals surface area contributed by atoms with Crippen molar-refractivity contribution in [3.63, 3.8) is 0 Å². The summed E-state index contributed by atoms with van der Waals surface area (Å²) in [5, 5.41) is 0. The molecule has 1 aliphatic rings. The second-order valence-corrected chi connectivity index (χ2v) is 5.15. The molecule has 0 bridgehead atoms. The van der Waals surface area contributed by atoms with Gasteiger partial charge >= 0.3 is 5.76 Å². The van der Waals surface area contributed by atoms with Gasteiger partial charge in [-0.15, -0.1) is 0 Å². The minimum absolute atomic E-state index is 0.363. The molecule has 108 valence electrons. The molecule has 1 fully saturated rings. The second-order valence-electron chi connectivity index (χ2n) is 5.15. The van der Waals surface area contributed by atoms with Crippen molar-refractivity contribution in [1.29, 1.82) is 0 Å². The fourth-order valence-corrected chi connectivity index (χ4v) is 2.52. The summed E-state index contributed by atoms with van der Waals surface area (Å²) in [5.41, 5.74) is 2.29. The molecule has 3 heterocycles. The number of ether oxygens (including phenoxy) is 1. The molecule has 0 saturated carbocycles. The maximum Gasteiger partial charge on any atom is 0.420 e. The van der Waals surface area contributed by atoms with Gasteiger partial charge in [-0.3, -0.25) is 9.47 Å². The first-order valence-corrected chi connectivity index (χ1v) is 6.98. The first kappa shape index (κ1) is 13.3. The van der Waals surface area contributed by atoms with E-state index in [1.807, 2.05) is 12.3 Å². The van der Waals surface area contributed by atoms with Crippen molar-refractivity contribution in [3.8, 4) is 0 Å². The number of morpholine rings is 1. The summed E-state index contributed by atoms with van der Waals surface area (Å²) in [7, 11) is 1.67. The van der Waals surface area contributed by atoms with E-state index < -0.39 is 0 Å². The van der Waals surface area contributed by atoms with Gasteiger partial charge in [0.05, 0.1) is 13.2 Å². The number of nitrogens with zero attached hydrogens (tertiary/aromatic N) is 3. The van der Waals surface area contributed by atoms with Crippen LogP contribution in [0.3, 0.4) is 0 Å². The summed E-state index contributed by atoms with van der Waals surface area (Å²) in [6, 6.07) is 1.92. The topological polar surface area (TPSA) is 60.5 Å². The zero-order valence-corrected chi connectivity index (χ0v) is 11.7. The molecule has 0 aromatic carbocycles. The zero-order chi connectivity index (χ0) is 13.9. The molecule has 0 unspecified atom stereocenters. The molecule has 1 aliphatic heterocycles. The average molecular weight is 277 g/mol. The van der Waals surface area contributed by atoms with Crippen molar-refractivity contribution >= 4 is 11.2 Å². The maximum absolute atomic E-state index is 11.4. The maximum atomic E-state index is 11.4. The Labute approximate surface area is 117 Å². The summed E-state index contributed by atoms with van der Waals surface area (Å²) in [6.07, 6.45) is 3.85. The van der Waals surface area contributed by atoms with E-state index in [1.165, 1.54) is 4.57 Å². The normalized spacial score (nSPS) is 16.9. The lowest BCUT2D eigenvalue weighted by Crippen LogP contribution is -2.36. The molecule has 0 radical (unpaired) electrons. The van der Waals surface area contributed by atoms with Crippen LogP contribution in [0.15, 0.2) is 21.5 Å². The molecule has 2 aromatic heterocycles. The van der Waals surface area contributed by atoms with Gasteiger partial charge in [0.15, 0.2) is 11.2 Å². The van der Waals surface area contributed by atoms with Gasteiger partial charge in [-0.1, -0.05) is 0 Å². The number of aromatic nitrogens is 2. The molecule has 6 heteroatoms. The number of hydrogen-bond acceptors (Lipinski definition) is 5. The molecule has 20 heavy (non-hydrogen) atoms. The quantitative estimate of drug-likeness (QED) is 0.827. The van der Waals surface area contributed by atoms with Crippen molar-refractivity contribution in [2.75, 3.05) is 32.8 Å². The summed E-state index contributed by atoms with van der Waals surface area (Å²) < 4.78 is 11.9. The summed E-state index contributed by atoms with van der Waals surface area (Å²) in [5.74, 6) is -0.363. The van der Waals surface area contributed by atoms with Crippen LogP contribution in [-0.2, 0) is 18.2 Å². The zero-order valence-electron chi connectivity index (χ0n) is 11.7. The number of aryl methyl sites for hydroxylation is 2. The van der Waals surface area contributed by atoms with Crippen LogP contribution in [0.1, 0.15) is 12.0 Å². The van der Waals surface area contributed by atoms with Gasteiger partial charge < -0.3 is 9.15 Å². The summed E-state index contributed by atoms with van der Waals surface area (Å²) in [4.78, 5) is 18.1. The molecule has 0 amide bonds. The van der Waals surface area contributed by atoms with Crippen molar-refractivity contribution in [3.05, 3.63) is 28.4 Å². The Hall–Kier alpha value is -1.66. The van der Waals surface area contributed by atoms with Crippen LogP contribution >= 0.6 is 0 Å². The van der Waals surface area contributed by atoms with E-state index in [0.717, 1.165) is 51.3 Å². The third kappa shape index (κ3) is 2.76. The predicted molar refractivity (Wildman–Crippen MR) is 74.8 cm³/mol. The molecule has 3 rings (SSSR count). The minimum Gasteiger partial charge on any atom is -0.406 e. The Balaban J connectivity index is 1.61. The summed E-state index contributed by atoms with van der Waals surface area (Å²) >= 11 is 0. The van der Waals surface area contributed by atoms with Crippen LogP contribution in [0.4, 0.5) is 0 Å².